The molecule has 21 heavy (non-hydrogen) atoms. The van der Waals surface area contributed by atoms with E-state index in [0.717, 1.165) is 24.7 Å². The van der Waals surface area contributed by atoms with Crippen LogP contribution in [0.25, 0.3) is 0 Å². The summed E-state index contributed by atoms with van der Waals surface area (Å²) >= 11 is 5.95. The van der Waals surface area contributed by atoms with E-state index in [1.54, 1.807) is 0 Å². The average Bonchev–Trinajstić information content (AvgIpc) is 2.98. The molecule has 0 radical (unpaired) electrons. The summed E-state index contributed by atoms with van der Waals surface area (Å²) in [5.41, 5.74) is 1.33. The van der Waals surface area contributed by atoms with Crippen molar-refractivity contribution in [1.29, 1.82) is 0 Å². The maximum Gasteiger partial charge on any atom is 0.113 e. The van der Waals surface area contributed by atoms with Crippen molar-refractivity contribution in [1.82, 2.24) is 14.5 Å². The fraction of sp³-hybridized carbons (Fsp3) is 0.471. The summed E-state index contributed by atoms with van der Waals surface area (Å²) in [6.45, 7) is 6.45. The minimum Gasteiger partial charge on any atom is -0.335 e. The normalized spacial score (nSPS) is 19.8. The van der Waals surface area contributed by atoms with Gasteiger partial charge in [0.25, 0.3) is 0 Å². The molecule has 2 heterocycles. The van der Waals surface area contributed by atoms with Gasteiger partial charge in [-0.2, -0.15) is 0 Å². The number of rotatable bonds is 4. The first kappa shape index (κ1) is 14.6. The number of imidazole rings is 1. The molecule has 3 rings (SSSR count). The quantitative estimate of drug-likeness (QED) is 0.853. The van der Waals surface area contributed by atoms with Gasteiger partial charge in [-0.05, 0) is 44.0 Å². The predicted octanol–water partition coefficient (Wildman–Crippen LogP) is 3.94. The van der Waals surface area contributed by atoms with Crippen molar-refractivity contribution in [3.05, 3.63) is 53.1 Å². The van der Waals surface area contributed by atoms with Crippen molar-refractivity contribution in [2.45, 2.75) is 38.8 Å². The van der Waals surface area contributed by atoms with Crippen LogP contribution in [0.1, 0.15) is 37.1 Å². The fourth-order valence-corrected chi connectivity index (χ4v) is 3.33. The summed E-state index contributed by atoms with van der Waals surface area (Å²) in [7, 11) is 0. The van der Waals surface area contributed by atoms with Crippen LogP contribution in [-0.4, -0.2) is 27.5 Å². The van der Waals surface area contributed by atoms with Crippen LogP contribution in [0.4, 0.5) is 0 Å². The van der Waals surface area contributed by atoms with E-state index in [2.05, 4.69) is 39.7 Å². The molecule has 1 fully saturated rings. The number of nitrogens with zero attached hydrogens (tertiary/aromatic N) is 3. The maximum atomic E-state index is 5.95. The molecule has 2 aromatic rings. The molecule has 0 spiro atoms. The lowest BCUT2D eigenvalue weighted by Crippen LogP contribution is -2.34. The SMILES string of the molecule is CCn1ccnc1[C@@H]1CCCN(Cc2ccc(Cl)cc2)C1. The Kier molecular flexibility index (Phi) is 4.61. The van der Waals surface area contributed by atoms with Crippen LogP contribution >= 0.6 is 11.6 Å². The smallest absolute Gasteiger partial charge is 0.113 e. The summed E-state index contributed by atoms with van der Waals surface area (Å²) < 4.78 is 2.27. The largest absolute Gasteiger partial charge is 0.335 e. The van der Waals surface area contributed by atoms with Crippen molar-refractivity contribution in [2.24, 2.45) is 0 Å². The molecule has 1 aromatic carbocycles. The number of hydrogen-bond acceptors (Lipinski definition) is 2. The monoisotopic (exact) mass is 303 g/mol. The van der Waals surface area contributed by atoms with Gasteiger partial charge < -0.3 is 4.57 Å². The van der Waals surface area contributed by atoms with Gasteiger partial charge in [0.2, 0.25) is 0 Å². The van der Waals surface area contributed by atoms with Crippen LogP contribution in [0.3, 0.4) is 0 Å². The van der Waals surface area contributed by atoms with E-state index in [1.165, 1.54) is 30.8 Å². The van der Waals surface area contributed by atoms with Crippen LogP contribution in [0, 0.1) is 0 Å². The molecule has 0 unspecified atom stereocenters. The van der Waals surface area contributed by atoms with Gasteiger partial charge in [-0.15, -0.1) is 0 Å². The van der Waals surface area contributed by atoms with Crippen LogP contribution in [0.5, 0.6) is 0 Å². The summed E-state index contributed by atoms with van der Waals surface area (Å²) in [4.78, 5) is 7.12. The van der Waals surface area contributed by atoms with E-state index in [-0.39, 0.29) is 0 Å². The zero-order valence-electron chi connectivity index (χ0n) is 12.5. The predicted molar refractivity (Wildman–Crippen MR) is 86.6 cm³/mol. The molecule has 0 aliphatic carbocycles. The van der Waals surface area contributed by atoms with Gasteiger partial charge in [-0.3, -0.25) is 4.90 Å². The van der Waals surface area contributed by atoms with Gasteiger partial charge in [0.15, 0.2) is 0 Å². The van der Waals surface area contributed by atoms with Crippen molar-refractivity contribution < 1.29 is 0 Å². The molecule has 0 saturated carbocycles. The van der Waals surface area contributed by atoms with Gasteiger partial charge in [-0.25, -0.2) is 4.98 Å². The number of aryl methyl sites for hydroxylation is 1. The molecule has 1 aliphatic heterocycles. The zero-order chi connectivity index (χ0) is 14.7. The van der Waals surface area contributed by atoms with Crippen molar-refractivity contribution in [2.75, 3.05) is 13.1 Å². The molecule has 0 amide bonds. The van der Waals surface area contributed by atoms with Gasteiger partial charge in [0.05, 0.1) is 0 Å². The molecular formula is C17H22ClN3. The Morgan fingerprint density at radius 2 is 2.10 bits per heavy atom. The van der Waals surface area contributed by atoms with Crippen LogP contribution in [0.2, 0.25) is 5.02 Å². The van der Waals surface area contributed by atoms with E-state index < -0.39 is 0 Å². The minimum absolute atomic E-state index is 0.556. The van der Waals surface area contributed by atoms with Gasteiger partial charge in [0.1, 0.15) is 5.82 Å². The highest BCUT2D eigenvalue weighted by Crippen LogP contribution is 2.27. The fourth-order valence-electron chi connectivity index (χ4n) is 3.21. The van der Waals surface area contributed by atoms with E-state index in [4.69, 9.17) is 11.6 Å². The molecular weight excluding hydrogens is 282 g/mol. The molecule has 1 atom stereocenters. The summed E-state index contributed by atoms with van der Waals surface area (Å²) in [6.07, 6.45) is 6.51. The second kappa shape index (κ2) is 6.63. The highest BCUT2D eigenvalue weighted by atomic mass is 35.5. The summed E-state index contributed by atoms with van der Waals surface area (Å²) in [5.74, 6) is 1.80. The number of likely N-dealkylation sites (tertiary alicyclic amines) is 1. The van der Waals surface area contributed by atoms with Crippen LogP contribution < -0.4 is 0 Å². The number of hydrogen-bond donors (Lipinski definition) is 0. The Bertz CT molecular complexity index is 576. The van der Waals surface area contributed by atoms with E-state index in [1.807, 2.05) is 18.3 Å². The Morgan fingerprint density at radius 3 is 2.86 bits per heavy atom. The lowest BCUT2D eigenvalue weighted by atomic mass is 9.96. The minimum atomic E-state index is 0.556. The van der Waals surface area contributed by atoms with Crippen LogP contribution in [0.15, 0.2) is 36.7 Å². The first-order valence-electron chi connectivity index (χ1n) is 7.74. The second-order valence-corrected chi connectivity index (χ2v) is 6.21. The maximum absolute atomic E-state index is 5.95. The molecule has 112 valence electrons. The highest BCUT2D eigenvalue weighted by Gasteiger charge is 2.24. The average molecular weight is 304 g/mol. The lowest BCUT2D eigenvalue weighted by molar-refractivity contribution is 0.195. The molecule has 4 heteroatoms. The van der Waals surface area contributed by atoms with Gasteiger partial charge in [-0.1, -0.05) is 23.7 Å². The topological polar surface area (TPSA) is 21.1 Å². The standard InChI is InChI=1S/C17H22ClN3/c1-2-21-11-9-19-17(21)15-4-3-10-20(13-15)12-14-5-7-16(18)8-6-14/h5-9,11,15H,2-4,10,12-13H2,1H3/t15-/m1/s1. The third kappa shape index (κ3) is 3.47. The van der Waals surface area contributed by atoms with Gasteiger partial charge >= 0.3 is 0 Å². The first-order valence-corrected chi connectivity index (χ1v) is 8.12. The molecule has 1 saturated heterocycles. The van der Waals surface area contributed by atoms with E-state index in [9.17, 15) is 0 Å². The van der Waals surface area contributed by atoms with Gasteiger partial charge in [0, 0.05) is 43.0 Å². The van der Waals surface area contributed by atoms with Crippen molar-refractivity contribution >= 4 is 11.6 Å². The molecule has 0 bridgehead atoms. The van der Waals surface area contributed by atoms with Crippen molar-refractivity contribution in [3.63, 3.8) is 0 Å². The Balaban J connectivity index is 1.67. The number of halogens is 1. The summed E-state index contributed by atoms with van der Waals surface area (Å²) in [6, 6.07) is 8.20. The molecule has 3 nitrogen and oxygen atoms in total. The number of aromatic nitrogens is 2. The third-order valence-corrected chi connectivity index (χ3v) is 4.53. The lowest BCUT2D eigenvalue weighted by Gasteiger charge is -2.32. The van der Waals surface area contributed by atoms with E-state index >= 15 is 0 Å². The van der Waals surface area contributed by atoms with Crippen molar-refractivity contribution in [3.8, 4) is 0 Å². The Morgan fingerprint density at radius 1 is 1.29 bits per heavy atom. The van der Waals surface area contributed by atoms with E-state index in [0.29, 0.717) is 5.92 Å². The number of benzene rings is 1. The second-order valence-electron chi connectivity index (χ2n) is 5.77. The molecule has 1 aliphatic rings. The van der Waals surface area contributed by atoms with Crippen LogP contribution in [-0.2, 0) is 13.1 Å². The molecule has 1 aromatic heterocycles. The third-order valence-electron chi connectivity index (χ3n) is 4.28. The number of piperidine rings is 1. The Labute approximate surface area is 131 Å². The highest BCUT2D eigenvalue weighted by molar-refractivity contribution is 6.30. The molecule has 0 N–H and O–H groups in total. The summed E-state index contributed by atoms with van der Waals surface area (Å²) in [5, 5.41) is 0.806. The zero-order valence-corrected chi connectivity index (χ0v) is 13.3. The first-order chi connectivity index (χ1) is 10.3. The Hall–Kier alpha value is -1.32.